The molecule has 2 saturated heterocycles. The summed E-state index contributed by atoms with van der Waals surface area (Å²) in [7, 11) is 11.3. The van der Waals surface area contributed by atoms with E-state index in [-0.39, 0.29) is 22.2 Å². The lowest BCUT2D eigenvalue weighted by molar-refractivity contribution is -0.931. The van der Waals surface area contributed by atoms with Gasteiger partial charge >= 0.3 is 0 Å². The molecule has 6 nitrogen and oxygen atoms in total. The van der Waals surface area contributed by atoms with Gasteiger partial charge in [0.15, 0.2) is 0 Å². The van der Waals surface area contributed by atoms with Crippen LogP contribution in [0, 0.1) is 0 Å². The minimum atomic E-state index is -0.124. The molecule has 0 saturated carbocycles. The predicted octanol–water partition coefficient (Wildman–Crippen LogP) is 6.75. The molecule has 0 spiro atoms. The van der Waals surface area contributed by atoms with Crippen molar-refractivity contribution in [2.45, 2.75) is 128 Å². The van der Waals surface area contributed by atoms with Gasteiger partial charge in [-0.2, -0.15) is 5.06 Å². The summed E-state index contributed by atoms with van der Waals surface area (Å²) in [6, 6.07) is 19.5. The Kier molecular flexibility index (Phi) is 9.14. The summed E-state index contributed by atoms with van der Waals surface area (Å²) in [5, 5.41) is 12.7. The van der Waals surface area contributed by atoms with Crippen LogP contribution in [0.1, 0.15) is 92.2 Å². The summed E-state index contributed by atoms with van der Waals surface area (Å²) in [6.07, 6.45) is 4.29. The maximum Gasteiger partial charge on any atom is 0.104 e. The molecule has 0 radical (unpaired) electrons. The average molecular weight is 596 g/mol. The van der Waals surface area contributed by atoms with Gasteiger partial charge in [-0.15, -0.1) is 0 Å². The normalized spacial score (nSPS) is 23.4. The van der Waals surface area contributed by atoms with Crippen LogP contribution in [0.5, 0.6) is 0 Å². The van der Waals surface area contributed by atoms with Crippen molar-refractivity contribution in [2.75, 3.05) is 35.3 Å². The molecule has 2 aliphatic heterocycles. The molecule has 2 aromatic rings. The Labute approximate surface area is 263 Å². The Hall–Kier alpha value is -1.80. The van der Waals surface area contributed by atoms with Gasteiger partial charge < -0.3 is 19.0 Å². The highest BCUT2D eigenvalue weighted by Gasteiger charge is 2.53. The van der Waals surface area contributed by atoms with Crippen LogP contribution in [0.4, 0.5) is 0 Å². The molecule has 2 N–H and O–H groups in total. The maximum atomic E-state index is 8.66. The summed E-state index contributed by atoms with van der Waals surface area (Å²) in [6.45, 7) is 20.2. The van der Waals surface area contributed by atoms with Gasteiger partial charge in [-0.3, -0.25) is 0 Å². The lowest BCUT2D eigenvalue weighted by atomic mass is 9.77. The fourth-order valence-corrected chi connectivity index (χ4v) is 8.73. The Balaban J connectivity index is 1.42. The molecule has 4 rings (SSSR count). The molecule has 0 bridgehead atoms. The molecular weight excluding hydrogens is 532 g/mol. The number of hydrogen-bond acceptors (Lipinski definition) is 3. The van der Waals surface area contributed by atoms with E-state index < -0.39 is 0 Å². The number of hydrogen-bond donors (Lipinski definition) is 0. The van der Waals surface area contributed by atoms with E-state index >= 15 is 0 Å². The molecule has 2 heterocycles. The van der Waals surface area contributed by atoms with Crippen molar-refractivity contribution in [1.29, 1.82) is 0 Å². The van der Waals surface area contributed by atoms with Crippen LogP contribution in [0.3, 0.4) is 0 Å². The first-order chi connectivity index (χ1) is 19.6. The third-order valence-electron chi connectivity index (χ3n) is 10.8. The van der Waals surface area contributed by atoms with Crippen LogP contribution >= 0.6 is 0 Å². The van der Waals surface area contributed by atoms with E-state index in [2.05, 4.69) is 137 Å². The number of quaternary nitrogens is 2. The quantitative estimate of drug-likeness (QED) is 0.250. The van der Waals surface area contributed by atoms with E-state index in [1.807, 2.05) is 12.2 Å². The van der Waals surface area contributed by atoms with Crippen LogP contribution in [-0.4, -0.2) is 93.8 Å². The number of rotatable bonds is 8. The third-order valence-corrected chi connectivity index (χ3v) is 10.8. The van der Waals surface area contributed by atoms with E-state index in [9.17, 15) is 0 Å². The van der Waals surface area contributed by atoms with Crippen molar-refractivity contribution >= 4 is 0 Å². The summed E-state index contributed by atoms with van der Waals surface area (Å²) in [4.78, 5) is 5.85. The Bertz CT molecular complexity index is 1210. The molecule has 240 valence electrons. The minimum absolute atomic E-state index is 0.00641. The third kappa shape index (κ3) is 7.21. The summed E-state index contributed by atoms with van der Waals surface area (Å²) >= 11 is 0. The molecule has 2 aliphatic rings. The highest BCUT2D eigenvalue weighted by molar-refractivity contribution is 5.63. The number of piperidine rings is 2. The smallest absolute Gasteiger partial charge is 0.104 e. The Morgan fingerprint density at radius 3 is 1.21 bits per heavy atom. The van der Waals surface area contributed by atoms with E-state index in [4.69, 9.17) is 10.0 Å². The first-order valence-corrected chi connectivity index (χ1v) is 16.3. The zero-order chi connectivity index (χ0) is 32.2. The SMILES string of the molecule is CON1C(C)(C)CC([N+](C)(C)Cc2ccc(-c3ccc(C[N+](C)(C)C4CC(C)(C)N([OH2+])C(C)(C)C4)cc3)cc2)CC1(C)C. The topological polar surface area (TPSA) is 38.6 Å². The standard InChI is InChI=1S/C37H62N4O2/c1-34(2)22-32(23-35(3,4)38(34)42)40(9,10)26-28-14-18-30(19-15-28)31-20-16-29(17-21-31)27-41(11,12)33-24-36(5,6)39(43-13)37(7,8)25-33/h14-21,32-33,42H,22-27H2,1-13H3/q+2/p+1. The highest BCUT2D eigenvalue weighted by atomic mass is 16.7. The minimum Gasteiger partial charge on any atom is -0.338 e. The van der Waals surface area contributed by atoms with Gasteiger partial charge in [0.1, 0.15) is 13.1 Å². The van der Waals surface area contributed by atoms with Crippen LogP contribution in [-0.2, 0) is 17.9 Å². The lowest BCUT2D eigenvalue weighted by Crippen LogP contribution is -2.66. The molecule has 0 aliphatic carbocycles. The second-order valence-corrected chi connectivity index (χ2v) is 17.5. The predicted molar refractivity (Wildman–Crippen MR) is 180 cm³/mol. The summed E-state index contributed by atoms with van der Waals surface area (Å²) in [5.74, 6) is 0. The largest absolute Gasteiger partial charge is 0.338 e. The second kappa shape index (κ2) is 11.5. The molecule has 0 unspecified atom stereocenters. The van der Waals surface area contributed by atoms with Crippen molar-refractivity contribution in [3.63, 3.8) is 0 Å². The van der Waals surface area contributed by atoms with Gasteiger partial charge in [0, 0.05) is 47.9 Å². The molecule has 0 aromatic heterocycles. The van der Waals surface area contributed by atoms with Crippen LogP contribution in [0.2, 0.25) is 0 Å². The summed E-state index contributed by atoms with van der Waals surface area (Å²) in [5.41, 5.74) is 5.05. The van der Waals surface area contributed by atoms with Gasteiger partial charge in [-0.05, 0) is 66.5 Å². The number of nitrogens with zero attached hydrogens (tertiary/aromatic N) is 4. The van der Waals surface area contributed by atoms with E-state index in [1.54, 1.807) is 0 Å². The van der Waals surface area contributed by atoms with Crippen LogP contribution < -0.4 is 0 Å². The van der Waals surface area contributed by atoms with Gasteiger partial charge in [0.05, 0.1) is 58.5 Å². The fraction of sp³-hybridized carbons (Fsp3) is 0.676. The van der Waals surface area contributed by atoms with Gasteiger partial charge in [0.25, 0.3) is 0 Å². The molecule has 6 heteroatoms. The van der Waals surface area contributed by atoms with Crippen LogP contribution in [0.25, 0.3) is 11.1 Å². The van der Waals surface area contributed by atoms with Gasteiger partial charge in [0.2, 0.25) is 0 Å². The van der Waals surface area contributed by atoms with Crippen molar-refractivity contribution < 1.29 is 19.0 Å². The maximum absolute atomic E-state index is 8.66. The molecule has 43 heavy (non-hydrogen) atoms. The van der Waals surface area contributed by atoms with E-state index in [0.29, 0.717) is 12.1 Å². The summed E-state index contributed by atoms with van der Waals surface area (Å²) < 4.78 is 1.92. The first-order valence-electron chi connectivity index (χ1n) is 16.3. The molecule has 0 amide bonds. The Morgan fingerprint density at radius 2 is 0.907 bits per heavy atom. The number of hydroxylamine groups is 4. The van der Waals surface area contributed by atoms with E-state index in [1.165, 1.54) is 22.3 Å². The van der Waals surface area contributed by atoms with Gasteiger partial charge in [-0.25, -0.2) is 0 Å². The average Bonchev–Trinajstić information content (AvgIpc) is 2.86. The molecule has 2 aromatic carbocycles. The van der Waals surface area contributed by atoms with Crippen molar-refractivity contribution in [2.24, 2.45) is 0 Å². The zero-order valence-electron chi connectivity index (χ0n) is 29.7. The molecular formula is C37H63N4O2+3. The first kappa shape index (κ1) is 34.1. The van der Waals surface area contributed by atoms with Gasteiger partial charge in [-0.1, -0.05) is 53.6 Å². The Morgan fingerprint density at radius 1 is 0.605 bits per heavy atom. The number of benzene rings is 2. The fourth-order valence-electron chi connectivity index (χ4n) is 8.73. The highest BCUT2D eigenvalue weighted by Crippen LogP contribution is 2.43. The van der Waals surface area contributed by atoms with Crippen molar-refractivity contribution in [3.05, 3.63) is 59.7 Å². The van der Waals surface area contributed by atoms with Crippen molar-refractivity contribution in [1.82, 2.24) is 10.1 Å². The molecule has 2 fully saturated rings. The second-order valence-electron chi connectivity index (χ2n) is 17.5. The monoisotopic (exact) mass is 595 g/mol. The van der Waals surface area contributed by atoms with E-state index in [0.717, 1.165) is 47.7 Å². The zero-order valence-corrected chi connectivity index (χ0v) is 29.7. The van der Waals surface area contributed by atoms with Crippen molar-refractivity contribution in [3.8, 4) is 11.1 Å². The van der Waals surface area contributed by atoms with Crippen LogP contribution in [0.15, 0.2) is 48.5 Å². The molecule has 0 atom stereocenters. The lowest BCUT2D eigenvalue weighted by Gasteiger charge is -2.56.